The summed E-state index contributed by atoms with van der Waals surface area (Å²) in [4.78, 5) is 14.0. The molecular weight excluding hydrogens is 250 g/mol. The molecule has 2 rings (SSSR count). The molecule has 0 bridgehead atoms. The lowest BCUT2D eigenvalue weighted by molar-refractivity contribution is -0.132. The van der Waals surface area contributed by atoms with Crippen LogP contribution in [0.15, 0.2) is 24.3 Å². The highest BCUT2D eigenvalue weighted by Gasteiger charge is 2.33. The van der Waals surface area contributed by atoms with Gasteiger partial charge in [0, 0.05) is 11.6 Å². The standard InChI is InChI=1S/C14H18ClNO2/c1-10-5-6-16(13(10)9-17)14(18)8-11-3-2-4-12(15)7-11/h2-4,7,10,13,17H,5-6,8-9H2,1H3. The van der Waals surface area contributed by atoms with Crippen molar-refractivity contribution in [3.05, 3.63) is 34.9 Å². The number of likely N-dealkylation sites (tertiary alicyclic amines) is 1. The number of nitrogens with zero attached hydrogens (tertiary/aromatic N) is 1. The van der Waals surface area contributed by atoms with Crippen molar-refractivity contribution in [2.45, 2.75) is 25.8 Å². The zero-order valence-electron chi connectivity index (χ0n) is 10.5. The van der Waals surface area contributed by atoms with Crippen molar-refractivity contribution in [2.75, 3.05) is 13.2 Å². The molecule has 0 radical (unpaired) electrons. The van der Waals surface area contributed by atoms with Crippen LogP contribution in [0, 0.1) is 5.92 Å². The summed E-state index contributed by atoms with van der Waals surface area (Å²) >= 11 is 5.90. The number of halogens is 1. The second kappa shape index (κ2) is 5.72. The van der Waals surface area contributed by atoms with Crippen LogP contribution in [0.2, 0.25) is 5.02 Å². The van der Waals surface area contributed by atoms with Crippen LogP contribution in [0.25, 0.3) is 0 Å². The van der Waals surface area contributed by atoms with E-state index in [-0.39, 0.29) is 18.6 Å². The molecule has 1 aromatic carbocycles. The molecule has 1 heterocycles. The van der Waals surface area contributed by atoms with Gasteiger partial charge in [-0.2, -0.15) is 0 Å². The third-order valence-corrected chi connectivity index (χ3v) is 3.87. The van der Waals surface area contributed by atoms with E-state index < -0.39 is 0 Å². The van der Waals surface area contributed by atoms with Crippen molar-refractivity contribution in [1.29, 1.82) is 0 Å². The van der Waals surface area contributed by atoms with Crippen molar-refractivity contribution in [3.63, 3.8) is 0 Å². The van der Waals surface area contributed by atoms with Gasteiger partial charge in [-0.15, -0.1) is 0 Å². The maximum absolute atomic E-state index is 12.2. The molecule has 4 heteroatoms. The van der Waals surface area contributed by atoms with Gasteiger partial charge in [0.15, 0.2) is 0 Å². The topological polar surface area (TPSA) is 40.5 Å². The molecule has 1 amide bonds. The Morgan fingerprint density at radius 3 is 3.00 bits per heavy atom. The van der Waals surface area contributed by atoms with Gasteiger partial charge in [0.05, 0.1) is 19.1 Å². The summed E-state index contributed by atoms with van der Waals surface area (Å²) in [5.41, 5.74) is 0.920. The van der Waals surface area contributed by atoms with Crippen molar-refractivity contribution in [2.24, 2.45) is 5.92 Å². The second-order valence-electron chi connectivity index (χ2n) is 4.91. The Labute approximate surface area is 112 Å². The maximum Gasteiger partial charge on any atom is 0.227 e. The van der Waals surface area contributed by atoms with E-state index in [1.165, 1.54) is 0 Å². The highest BCUT2D eigenvalue weighted by molar-refractivity contribution is 6.30. The van der Waals surface area contributed by atoms with Crippen LogP contribution in [-0.4, -0.2) is 35.1 Å². The van der Waals surface area contributed by atoms with Gasteiger partial charge in [-0.1, -0.05) is 30.7 Å². The van der Waals surface area contributed by atoms with E-state index in [2.05, 4.69) is 6.92 Å². The number of carbonyl (C=O) groups is 1. The van der Waals surface area contributed by atoms with Gasteiger partial charge in [0.1, 0.15) is 0 Å². The van der Waals surface area contributed by atoms with Gasteiger partial charge < -0.3 is 10.0 Å². The predicted octanol–water partition coefficient (Wildman–Crippen LogP) is 2.11. The quantitative estimate of drug-likeness (QED) is 0.911. The molecule has 98 valence electrons. The van der Waals surface area contributed by atoms with Crippen molar-refractivity contribution < 1.29 is 9.90 Å². The fraction of sp³-hybridized carbons (Fsp3) is 0.500. The smallest absolute Gasteiger partial charge is 0.227 e. The Kier molecular flexibility index (Phi) is 4.25. The van der Waals surface area contributed by atoms with Gasteiger partial charge in [-0.3, -0.25) is 4.79 Å². The van der Waals surface area contributed by atoms with Crippen LogP contribution in [-0.2, 0) is 11.2 Å². The molecule has 0 spiro atoms. The molecule has 1 fully saturated rings. The minimum Gasteiger partial charge on any atom is -0.394 e. The van der Waals surface area contributed by atoms with Gasteiger partial charge in [0.25, 0.3) is 0 Å². The average molecular weight is 268 g/mol. The number of benzene rings is 1. The van der Waals surface area contributed by atoms with E-state index in [1.807, 2.05) is 18.2 Å². The van der Waals surface area contributed by atoms with E-state index in [0.717, 1.165) is 18.5 Å². The lowest BCUT2D eigenvalue weighted by Gasteiger charge is -2.25. The molecule has 1 aliphatic rings. The Balaban J connectivity index is 2.04. The third kappa shape index (κ3) is 2.85. The van der Waals surface area contributed by atoms with Crippen molar-refractivity contribution in [1.82, 2.24) is 4.90 Å². The normalized spacial score (nSPS) is 23.4. The van der Waals surface area contributed by atoms with E-state index in [4.69, 9.17) is 11.6 Å². The fourth-order valence-corrected chi connectivity index (χ4v) is 2.73. The monoisotopic (exact) mass is 267 g/mol. The maximum atomic E-state index is 12.2. The van der Waals surface area contributed by atoms with Crippen LogP contribution in [0.5, 0.6) is 0 Å². The zero-order valence-corrected chi connectivity index (χ0v) is 11.2. The second-order valence-corrected chi connectivity index (χ2v) is 5.35. The Hall–Kier alpha value is -1.06. The molecule has 2 atom stereocenters. The highest BCUT2D eigenvalue weighted by atomic mass is 35.5. The number of carbonyl (C=O) groups excluding carboxylic acids is 1. The van der Waals surface area contributed by atoms with Crippen LogP contribution in [0.4, 0.5) is 0 Å². The fourth-order valence-electron chi connectivity index (χ4n) is 2.52. The van der Waals surface area contributed by atoms with Gasteiger partial charge in [-0.25, -0.2) is 0 Å². The Morgan fingerprint density at radius 1 is 1.56 bits per heavy atom. The van der Waals surface area contributed by atoms with Gasteiger partial charge in [0.2, 0.25) is 5.91 Å². The zero-order chi connectivity index (χ0) is 13.1. The summed E-state index contributed by atoms with van der Waals surface area (Å²) in [6.45, 7) is 2.86. The molecule has 1 aromatic rings. The first-order valence-electron chi connectivity index (χ1n) is 6.26. The Morgan fingerprint density at radius 2 is 2.33 bits per heavy atom. The molecule has 0 saturated carbocycles. The summed E-state index contributed by atoms with van der Waals surface area (Å²) in [5, 5.41) is 10.00. The minimum absolute atomic E-state index is 0.0308. The SMILES string of the molecule is CC1CCN(C(=O)Cc2cccc(Cl)c2)C1CO. The molecule has 18 heavy (non-hydrogen) atoms. The third-order valence-electron chi connectivity index (χ3n) is 3.63. The van der Waals surface area contributed by atoms with Gasteiger partial charge in [-0.05, 0) is 30.0 Å². The largest absolute Gasteiger partial charge is 0.394 e. The minimum atomic E-state index is -0.0308. The molecule has 2 unspecified atom stereocenters. The Bertz CT molecular complexity index is 436. The summed E-state index contributed by atoms with van der Waals surface area (Å²) < 4.78 is 0. The summed E-state index contributed by atoms with van der Waals surface area (Å²) in [6.07, 6.45) is 1.32. The number of hydrogen-bond acceptors (Lipinski definition) is 2. The summed E-state index contributed by atoms with van der Waals surface area (Å²) in [5.74, 6) is 0.443. The highest BCUT2D eigenvalue weighted by Crippen LogP contribution is 2.24. The number of aliphatic hydroxyl groups excluding tert-OH is 1. The van der Waals surface area contributed by atoms with E-state index in [1.54, 1.807) is 11.0 Å². The molecule has 0 aliphatic carbocycles. The van der Waals surface area contributed by atoms with Crippen molar-refractivity contribution >= 4 is 17.5 Å². The average Bonchev–Trinajstić information content (AvgIpc) is 2.70. The first-order valence-corrected chi connectivity index (χ1v) is 6.64. The van der Waals surface area contributed by atoms with Crippen molar-refractivity contribution in [3.8, 4) is 0 Å². The van der Waals surface area contributed by atoms with Crippen LogP contribution in [0.3, 0.4) is 0 Å². The van der Waals surface area contributed by atoms with Crippen LogP contribution >= 0.6 is 11.6 Å². The molecule has 3 nitrogen and oxygen atoms in total. The van der Waals surface area contributed by atoms with Crippen LogP contribution < -0.4 is 0 Å². The molecule has 0 aromatic heterocycles. The molecular formula is C14H18ClNO2. The first kappa shape index (κ1) is 13.4. The lowest BCUT2D eigenvalue weighted by Crippen LogP contribution is -2.40. The lowest BCUT2D eigenvalue weighted by atomic mass is 10.0. The number of aliphatic hydroxyl groups is 1. The molecule has 1 aliphatic heterocycles. The number of hydrogen-bond donors (Lipinski definition) is 1. The van der Waals surface area contributed by atoms with E-state index in [0.29, 0.717) is 17.4 Å². The first-order chi connectivity index (χ1) is 8.61. The number of rotatable bonds is 3. The van der Waals surface area contributed by atoms with E-state index >= 15 is 0 Å². The summed E-state index contributed by atoms with van der Waals surface area (Å²) in [7, 11) is 0. The number of amides is 1. The van der Waals surface area contributed by atoms with Crippen LogP contribution in [0.1, 0.15) is 18.9 Å². The van der Waals surface area contributed by atoms with E-state index in [9.17, 15) is 9.90 Å². The predicted molar refractivity (Wildman–Crippen MR) is 71.5 cm³/mol. The van der Waals surface area contributed by atoms with Gasteiger partial charge >= 0.3 is 0 Å². The molecule has 1 saturated heterocycles. The molecule has 1 N–H and O–H groups in total. The summed E-state index contributed by atoms with van der Waals surface area (Å²) in [6, 6.07) is 7.33.